The van der Waals surface area contributed by atoms with Gasteiger partial charge in [0.15, 0.2) is 0 Å². The largest absolute Gasteiger partial charge is 0.481 e. The molecular weight excluding hydrogens is 285 g/mol. The van der Waals surface area contributed by atoms with Crippen molar-refractivity contribution in [3.05, 3.63) is 41.2 Å². The lowest BCUT2D eigenvalue weighted by Gasteiger charge is -2.12. The fraction of sp³-hybridized carbons (Fsp3) is 0.286. The number of alkyl halides is 3. The van der Waals surface area contributed by atoms with Crippen molar-refractivity contribution in [1.82, 2.24) is 9.55 Å². The van der Waals surface area contributed by atoms with Crippen LogP contribution in [0.5, 0.6) is 0 Å². The average molecular weight is 298 g/mol. The van der Waals surface area contributed by atoms with Gasteiger partial charge in [0.05, 0.1) is 17.7 Å². The van der Waals surface area contributed by atoms with Crippen LogP contribution in [-0.2, 0) is 24.4 Å². The number of aromatic nitrogens is 2. The van der Waals surface area contributed by atoms with Crippen molar-refractivity contribution >= 4 is 5.97 Å². The van der Waals surface area contributed by atoms with Crippen molar-refractivity contribution in [2.45, 2.75) is 19.5 Å². The number of hydrogen-bond acceptors (Lipinski definition) is 2. The summed E-state index contributed by atoms with van der Waals surface area (Å²) in [6.07, 6.45) is -4.82. The maximum absolute atomic E-state index is 13.1. The zero-order valence-corrected chi connectivity index (χ0v) is 11.4. The van der Waals surface area contributed by atoms with Gasteiger partial charge in [-0.05, 0) is 13.0 Å². The standard InChI is InChI=1S/C14H13F3N2O2/c1-8-11(7-12(20)21)18-13(19(8)2)9-5-3-4-6-10(9)14(15,16)17/h3-6H,7H2,1-2H3,(H,20,21). The number of aliphatic carboxylic acids is 1. The second-order valence-corrected chi connectivity index (χ2v) is 4.64. The molecule has 2 rings (SSSR count). The number of rotatable bonds is 3. The summed E-state index contributed by atoms with van der Waals surface area (Å²) in [7, 11) is 1.57. The van der Waals surface area contributed by atoms with E-state index in [-0.39, 0.29) is 23.5 Å². The van der Waals surface area contributed by atoms with E-state index >= 15 is 0 Å². The van der Waals surface area contributed by atoms with E-state index in [0.29, 0.717) is 5.69 Å². The summed E-state index contributed by atoms with van der Waals surface area (Å²) < 4.78 is 40.6. The molecule has 0 saturated carbocycles. The van der Waals surface area contributed by atoms with Crippen LogP contribution in [0.4, 0.5) is 13.2 Å². The molecule has 2 aromatic rings. The maximum atomic E-state index is 13.1. The molecule has 1 aromatic heterocycles. The third kappa shape index (κ3) is 2.91. The fourth-order valence-electron chi connectivity index (χ4n) is 2.11. The highest BCUT2D eigenvalue weighted by molar-refractivity contribution is 5.71. The monoisotopic (exact) mass is 298 g/mol. The third-order valence-electron chi connectivity index (χ3n) is 3.27. The Morgan fingerprint density at radius 2 is 1.95 bits per heavy atom. The van der Waals surface area contributed by atoms with Crippen LogP contribution in [-0.4, -0.2) is 20.6 Å². The average Bonchev–Trinajstić information content (AvgIpc) is 2.65. The molecule has 0 fully saturated rings. The van der Waals surface area contributed by atoms with Crippen molar-refractivity contribution < 1.29 is 23.1 Å². The smallest absolute Gasteiger partial charge is 0.417 e. The minimum atomic E-state index is -4.50. The zero-order valence-electron chi connectivity index (χ0n) is 11.4. The molecule has 1 heterocycles. The van der Waals surface area contributed by atoms with E-state index in [2.05, 4.69) is 4.98 Å². The summed E-state index contributed by atoms with van der Waals surface area (Å²) in [6.45, 7) is 1.63. The van der Waals surface area contributed by atoms with Gasteiger partial charge in [-0.25, -0.2) is 4.98 Å². The van der Waals surface area contributed by atoms with Gasteiger partial charge >= 0.3 is 12.1 Å². The molecule has 0 aliphatic rings. The number of halogens is 3. The Hall–Kier alpha value is -2.31. The summed E-state index contributed by atoms with van der Waals surface area (Å²) in [4.78, 5) is 14.9. The van der Waals surface area contributed by atoms with Gasteiger partial charge in [0, 0.05) is 18.3 Å². The summed E-state index contributed by atoms with van der Waals surface area (Å²) in [6, 6.07) is 5.11. The molecule has 0 bridgehead atoms. The number of carbonyl (C=O) groups is 1. The second kappa shape index (κ2) is 5.23. The van der Waals surface area contributed by atoms with Crippen molar-refractivity contribution in [2.24, 2.45) is 7.05 Å². The molecule has 1 N–H and O–H groups in total. The quantitative estimate of drug-likeness (QED) is 0.947. The van der Waals surface area contributed by atoms with E-state index in [9.17, 15) is 18.0 Å². The van der Waals surface area contributed by atoms with Crippen LogP contribution in [0, 0.1) is 6.92 Å². The Balaban J connectivity index is 2.61. The van der Waals surface area contributed by atoms with E-state index in [1.807, 2.05) is 0 Å². The Morgan fingerprint density at radius 1 is 1.33 bits per heavy atom. The lowest BCUT2D eigenvalue weighted by molar-refractivity contribution is -0.137. The number of carboxylic acid groups (broad SMARTS) is 1. The number of nitrogens with zero attached hydrogens (tertiary/aromatic N) is 2. The lowest BCUT2D eigenvalue weighted by Crippen LogP contribution is -2.08. The van der Waals surface area contributed by atoms with Crippen LogP contribution in [0.25, 0.3) is 11.4 Å². The molecule has 4 nitrogen and oxygen atoms in total. The second-order valence-electron chi connectivity index (χ2n) is 4.64. The Kier molecular flexibility index (Phi) is 3.76. The third-order valence-corrected chi connectivity index (χ3v) is 3.27. The Morgan fingerprint density at radius 3 is 2.52 bits per heavy atom. The van der Waals surface area contributed by atoms with Gasteiger partial charge in [0.25, 0.3) is 0 Å². The van der Waals surface area contributed by atoms with Gasteiger partial charge in [0.1, 0.15) is 5.82 Å². The van der Waals surface area contributed by atoms with Gasteiger partial charge in [-0.1, -0.05) is 18.2 Å². The van der Waals surface area contributed by atoms with Gasteiger partial charge in [-0.3, -0.25) is 4.79 Å². The van der Waals surface area contributed by atoms with E-state index in [0.717, 1.165) is 6.07 Å². The maximum Gasteiger partial charge on any atom is 0.417 e. The van der Waals surface area contributed by atoms with E-state index in [1.54, 1.807) is 14.0 Å². The minimum Gasteiger partial charge on any atom is -0.481 e. The highest BCUT2D eigenvalue weighted by atomic mass is 19.4. The van der Waals surface area contributed by atoms with Crippen LogP contribution in [0.15, 0.2) is 24.3 Å². The van der Waals surface area contributed by atoms with Gasteiger partial charge in [-0.15, -0.1) is 0 Å². The SMILES string of the molecule is Cc1c(CC(=O)O)nc(-c2ccccc2C(F)(F)F)n1C. The minimum absolute atomic E-state index is 0.0627. The van der Waals surface area contributed by atoms with E-state index in [4.69, 9.17) is 5.11 Å². The molecule has 0 radical (unpaired) electrons. The van der Waals surface area contributed by atoms with Crippen molar-refractivity contribution in [1.29, 1.82) is 0 Å². The molecule has 0 unspecified atom stereocenters. The predicted octanol–water partition coefficient (Wildman–Crippen LogP) is 3.04. The lowest BCUT2D eigenvalue weighted by atomic mass is 10.1. The molecule has 7 heteroatoms. The van der Waals surface area contributed by atoms with Gasteiger partial charge in [0.2, 0.25) is 0 Å². The summed E-state index contributed by atoms with van der Waals surface area (Å²) in [5, 5.41) is 8.82. The summed E-state index contributed by atoms with van der Waals surface area (Å²) >= 11 is 0. The normalized spacial score (nSPS) is 11.7. The first-order valence-electron chi connectivity index (χ1n) is 6.12. The number of benzene rings is 1. The van der Waals surface area contributed by atoms with E-state index in [1.165, 1.54) is 22.8 Å². The molecule has 0 saturated heterocycles. The molecule has 1 aromatic carbocycles. The van der Waals surface area contributed by atoms with Crippen LogP contribution in [0.3, 0.4) is 0 Å². The van der Waals surface area contributed by atoms with Crippen LogP contribution < -0.4 is 0 Å². The molecule has 0 aliphatic heterocycles. The molecule has 0 atom stereocenters. The van der Waals surface area contributed by atoms with Crippen molar-refractivity contribution in [2.75, 3.05) is 0 Å². The van der Waals surface area contributed by atoms with E-state index < -0.39 is 17.7 Å². The van der Waals surface area contributed by atoms with Gasteiger partial charge < -0.3 is 9.67 Å². The highest BCUT2D eigenvalue weighted by Gasteiger charge is 2.34. The Bertz CT molecular complexity index is 690. The first-order valence-corrected chi connectivity index (χ1v) is 6.12. The highest BCUT2D eigenvalue weighted by Crippen LogP contribution is 2.36. The number of imidazole rings is 1. The molecule has 21 heavy (non-hydrogen) atoms. The molecule has 112 valence electrons. The molecule has 0 amide bonds. The number of hydrogen-bond donors (Lipinski definition) is 1. The fourth-order valence-corrected chi connectivity index (χ4v) is 2.11. The topological polar surface area (TPSA) is 55.1 Å². The van der Waals surface area contributed by atoms with Crippen LogP contribution in [0.2, 0.25) is 0 Å². The first kappa shape index (κ1) is 15.1. The molecule has 0 aliphatic carbocycles. The molecule has 0 spiro atoms. The number of carboxylic acids is 1. The van der Waals surface area contributed by atoms with Crippen molar-refractivity contribution in [3.8, 4) is 11.4 Å². The zero-order chi connectivity index (χ0) is 15.8. The Labute approximate surface area is 118 Å². The van der Waals surface area contributed by atoms with Crippen LogP contribution in [0.1, 0.15) is 17.0 Å². The molecular formula is C14H13F3N2O2. The van der Waals surface area contributed by atoms with Crippen molar-refractivity contribution in [3.63, 3.8) is 0 Å². The summed E-state index contributed by atoms with van der Waals surface area (Å²) in [5.74, 6) is -0.969. The predicted molar refractivity (Wildman–Crippen MR) is 69.7 cm³/mol. The first-order chi connectivity index (χ1) is 9.71. The van der Waals surface area contributed by atoms with Gasteiger partial charge in [-0.2, -0.15) is 13.2 Å². The summed E-state index contributed by atoms with van der Waals surface area (Å²) in [5.41, 5.74) is -0.0615. The van der Waals surface area contributed by atoms with Crippen LogP contribution >= 0.6 is 0 Å².